The van der Waals surface area contributed by atoms with Crippen molar-refractivity contribution in [2.24, 2.45) is 17.2 Å². The van der Waals surface area contributed by atoms with Gasteiger partial charge in [0.2, 0.25) is 23.6 Å². The van der Waals surface area contributed by atoms with Crippen molar-refractivity contribution >= 4 is 41.4 Å². The third-order valence-electron chi connectivity index (χ3n) is 4.63. The van der Waals surface area contributed by atoms with E-state index in [1.165, 1.54) is 18.7 Å². The van der Waals surface area contributed by atoms with Crippen LogP contribution in [-0.2, 0) is 24.0 Å². The van der Waals surface area contributed by atoms with Gasteiger partial charge in [0.15, 0.2) is 0 Å². The molecule has 0 saturated carbocycles. The van der Waals surface area contributed by atoms with Crippen LogP contribution in [0.15, 0.2) is 0 Å². The summed E-state index contributed by atoms with van der Waals surface area (Å²) in [5.74, 6) is -4.03. The van der Waals surface area contributed by atoms with Crippen LogP contribution in [0.3, 0.4) is 0 Å². The van der Waals surface area contributed by atoms with Crippen LogP contribution < -0.4 is 33.2 Å². The molecule has 5 atom stereocenters. The molecular formula is C19H36N6O7S. The lowest BCUT2D eigenvalue weighted by Crippen LogP contribution is -2.60. The minimum absolute atomic E-state index is 0.172. The van der Waals surface area contributed by atoms with Gasteiger partial charge in [-0.05, 0) is 51.2 Å². The number of carbonyl (C=O) groups excluding carboxylic acids is 4. The highest BCUT2D eigenvalue weighted by Gasteiger charge is 2.32. The summed E-state index contributed by atoms with van der Waals surface area (Å²) in [6.07, 6.45) is 1.42. The number of carbonyl (C=O) groups is 5. The quantitative estimate of drug-likeness (QED) is 0.0956. The van der Waals surface area contributed by atoms with Crippen molar-refractivity contribution in [3.05, 3.63) is 0 Å². The average molecular weight is 493 g/mol. The first-order valence-corrected chi connectivity index (χ1v) is 11.9. The van der Waals surface area contributed by atoms with Gasteiger partial charge >= 0.3 is 5.97 Å². The highest BCUT2D eigenvalue weighted by Crippen LogP contribution is 2.06. The summed E-state index contributed by atoms with van der Waals surface area (Å²) < 4.78 is 0. The SMILES string of the molecule is CSCCC(NC(=O)C(NC(=O)C(N)CC(N)=O)C(C)O)C(=O)NC(CCCCN)C(=O)O. The number of thioether (sulfide) groups is 1. The van der Waals surface area contributed by atoms with Crippen molar-refractivity contribution in [1.82, 2.24) is 16.0 Å². The Labute approximate surface area is 196 Å². The predicted molar refractivity (Wildman–Crippen MR) is 123 cm³/mol. The standard InChI is InChI=1S/C19H36N6O7S/c1-10(26)15(25-16(28)11(21)9-14(22)27)18(30)23-12(6-8-33-2)17(29)24-13(19(31)32)5-3-4-7-20/h10-13,15,26H,3-9,20-21H2,1-2H3,(H2,22,27)(H,23,30)(H,24,29)(H,25,28)(H,31,32). The number of primary amides is 1. The number of nitrogens with one attached hydrogen (secondary N) is 3. The van der Waals surface area contributed by atoms with Crippen LogP contribution in [0.5, 0.6) is 0 Å². The monoisotopic (exact) mass is 492 g/mol. The predicted octanol–water partition coefficient (Wildman–Crippen LogP) is -3.01. The number of hydrogen-bond donors (Lipinski definition) is 8. The zero-order valence-electron chi connectivity index (χ0n) is 18.9. The van der Waals surface area contributed by atoms with Gasteiger partial charge in [0.05, 0.1) is 18.6 Å². The molecule has 0 fully saturated rings. The lowest BCUT2D eigenvalue weighted by atomic mass is 10.1. The van der Waals surface area contributed by atoms with Crippen molar-refractivity contribution in [1.29, 1.82) is 0 Å². The molecule has 0 aliphatic heterocycles. The molecule has 0 aromatic heterocycles. The molecule has 0 aromatic rings. The van der Waals surface area contributed by atoms with Crippen LogP contribution in [0.2, 0.25) is 0 Å². The Balaban J connectivity index is 5.34. The second-order valence-corrected chi connectivity index (χ2v) is 8.52. The molecule has 0 bridgehead atoms. The normalized spacial score (nSPS) is 15.4. The summed E-state index contributed by atoms with van der Waals surface area (Å²) in [4.78, 5) is 60.0. The molecule has 0 radical (unpaired) electrons. The second-order valence-electron chi connectivity index (χ2n) is 7.53. The summed E-state index contributed by atoms with van der Waals surface area (Å²) in [6.45, 7) is 1.64. The number of carboxylic acid groups (broad SMARTS) is 1. The van der Waals surface area contributed by atoms with Crippen molar-refractivity contribution in [2.45, 2.75) is 69.3 Å². The number of amides is 4. The smallest absolute Gasteiger partial charge is 0.326 e. The maximum absolute atomic E-state index is 12.7. The average Bonchev–Trinajstić information content (AvgIpc) is 2.72. The van der Waals surface area contributed by atoms with E-state index in [0.29, 0.717) is 25.1 Å². The Morgan fingerprint density at radius 1 is 0.939 bits per heavy atom. The Morgan fingerprint density at radius 3 is 2.03 bits per heavy atom. The van der Waals surface area contributed by atoms with E-state index in [9.17, 15) is 34.2 Å². The first kappa shape index (κ1) is 30.6. The lowest BCUT2D eigenvalue weighted by molar-refractivity contribution is -0.142. The molecule has 4 amide bonds. The van der Waals surface area contributed by atoms with E-state index < -0.39 is 66.3 Å². The summed E-state index contributed by atoms with van der Waals surface area (Å²) >= 11 is 1.41. The minimum atomic E-state index is -1.47. The van der Waals surface area contributed by atoms with Crippen LogP contribution >= 0.6 is 11.8 Å². The number of aliphatic carboxylic acids is 1. The number of unbranched alkanes of at least 4 members (excludes halogenated alkanes) is 1. The maximum atomic E-state index is 12.7. The van der Waals surface area contributed by atoms with E-state index in [1.807, 2.05) is 0 Å². The van der Waals surface area contributed by atoms with Gasteiger partial charge in [0.1, 0.15) is 18.1 Å². The number of aliphatic hydroxyl groups excluding tert-OH is 1. The summed E-state index contributed by atoms with van der Waals surface area (Å²) in [5.41, 5.74) is 16.0. The third kappa shape index (κ3) is 12.4. The summed E-state index contributed by atoms with van der Waals surface area (Å²) in [6, 6.07) is -5.06. The zero-order valence-corrected chi connectivity index (χ0v) is 19.7. The van der Waals surface area contributed by atoms with Crippen LogP contribution in [0, 0.1) is 0 Å². The minimum Gasteiger partial charge on any atom is -0.480 e. The molecule has 0 rings (SSSR count). The van der Waals surface area contributed by atoms with Crippen LogP contribution in [0.4, 0.5) is 0 Å². The highest BCUT2D eigenvalue weighted by atomic mass is 32.2. The Bertz CT molecular complexity index is 679. The number of hydrogen-bond acceptors (Lipinski definition) is 9. The topological polar surface area (TPSA) is 240 Å². The molecule has 0 heterocycles. The van der Waals surface area contributed by atoms with Crippen LogP contribution in [0.25, 0.3) is 0 Å². The number of rotatable bonds is 17. The van der Waals surface area contributed by atoms with Gasteiger partial charge in [0, 0.05) is 0 Å². The molecule has 5 unspecified atom stereocenters. The van der Waals surface area contributed by atoms with E-state index in [0.717, 1.165) is 0 Å². The number of carboxylic acids is 1. The number of nitrogens with two attached hydrogens (primary N) is 3. The van der Waals surface area contributed by atoms with Crippen molar-refractivity contribution in [2.75, 3.05) is 18.6 Å². The Kier molecular flexibility index (Phi) is 15.0. The van der Waals surface area contributed by atoms with E-state index in [-0.39, 0.29) is 12.8 Å². The van der Waals surface area contributed by atoms with Gasteiger partial charge in [-0.2, -0.15) is 11.8 Å². The first-order valence-electron chi connectivity index (χ1n) is 10.5. The lowest BCUT2D eigenvalue weighted by Gasteiger charge is -2.26. The van der Waals surface area contributed by atoms with Gasteiger partial charge in [0.25, 0.3) is 0 Å². The van der Waals surface area contributed by atoms with E-state index in [1.54, 1.807) is 6.26 Å². The second kappa shape index (κ2) is 16.2. The third-order valence-corrected chi connectivity index (χ3v) is 5.27. The van der Waals surface area contributed by atoms with E-state index in [2.05, 4.69) is 16.0 Å². The largest absolute Gasteiger partial charge is 0.480 e. The van der Waals surface area contributed by atoms with Gasteiger partial charge in [-0.25, -0.2) is 4.79 Å². The highest BCUT2D eigenvalue weighted by molar-refractivity contribution is 7.98. The fraction of sp³-hybridized carbons (Fsp3) is 0.737. The molecule has 13 nitrogen and oxygen atoms in total. The van der Waals surface area contributed by atoms with Gasteiger partial charge in [-0.1, -0.05) is 0 Å². The van der Waals surface area contributed by atoms with Crippen LogP contribution in [-0.4, -0.2) is 88.6 Å². The molecule has 0 aliphatic rings. The van der Waals surface area contributed by atoms with Gasteiger partial charge in [-0.15, -0.1) is 0 Å². The first-order chi connectivity index (χ1) is 15.4. The maximum Gasteiger partial charge on any atom is 0.326 e. The Morgan fingerprint density at radius 2 is 1.55 bits per heavy atom. The van der Waals surface area contributed by atoms with Crippen molar-refractivity contribution in [3.63, 3.8) is 0 Å². The Hall–Kier alpha value is -2.42. The molecule has 0 saturated heterocycles. The van der Waals surface area contributed by atoms with Gasteiger partial charge in [-0.3, -0.25) is 19.2 Å². The molecule has 0 aliphatic carbocycles. The fourth-order valence-corrected chi connectivity index (χ4v) is 3.23. The van der Waals surface area contributed by atoms with E-state index >= 15 is 0 Å². The van der Waals surface area contributed by atoms with E-state index in [4.69, 9.17) is 17.2 Å². The molecule has 0 spiro atoms. The molecular weight excluding hydrogens is 456 g/mol. The molecule has 33 heavy (non-hydrogen) atoms. The molecule has 190 valence electrons. The van der Waals surface area contributed by atoms with Gasteiger partial charge < -0.3 is 43.4 Å². The number of aliphatic hydroxyl groups is 1. The van der Waals surface area contributed by atoms with Crippen LogP contribution in [0.1, 0.15) is 39.0 Å². The fourth-order valence-electron chi connectivity index (χ4n) is 2.76. The summed E-state index contributed by atoms with van der Waals surface area (Å²) in [5, 5.41) is 26.4. The molecule has 0 aromatic carbocycles. The molecule has 11 N–H and O–H groups in total. The molecule has 14 heteroatoms. The summed E-state index contributed by atoms with van der Waals surface area (Å²) in [7, 11) is 0. The van der Waals surface area contributed by atoms with Crippen molar-refractivity contribution in [3.8, 4) is 0 Å². The van der Waals surface area contributed by atoms with Crippen molar-refractivity contribution < 1.29 is 34.2 Å². The zero-order chi connectivity index (χ0) is 25.6.